The van der Waals surface area contributed by atoms with Crippen molar-refractivity contribution in [2.75, 3.05) is 25.4 Å². The van der Waals surface area contributed by atoms with E-state index in [4.69, 9.17) is 4.42 Å². The van der Waals surface area contributed by atoms with Crippen molar-refractivity contribution < 1.29 is 13.4 Å². The van der Waals surface area contributed by atoms with Crippen LogP contribution in [0.4, 0.5) is 0 Å². The molecule has 1 saturated heterocycles. The fourth-order valence-corrected chi connectivity index (χ4v) is 4.68. The normalized spacial score (nSPS) is 18.5. The summed E-state index contributed by atoms with van der Waals surface area (Å²) in [7, 11) is -1.32. The number of aromatic nitrogens is 1. The fraction of sp³-hybridized carbons (Fsp3) is 0.545. The second kappa shape index (κ2) is 10.2. The molecule has 6 nitrogen and oxygen atoms in total. The summed E-state index contributed by atoms with van der Waals surface area (Å²) in [5.74, 6) is 1.20. The van der Waals surface area contributed by atoms with Crippen LogP contribution >= 0.6 is 0 Å². The SMILES string of the molecule is Cc1ccc(-c2nc(C[S@](=O)CC(=O)NCCN3CCCC[C@H]3C)c(C)o2)cc1. The second-order valence-electron chi connectivity index (χ2n) is 7.85. The van der Waals surface area contributed by atoms with E-state index in [0.717, 1.165) is 18.7 Å². The van der Waals surface area contributed by atoms with Crippen molar-refractivity contribution >= 4 is 16.7 Å². The van der Waals surface area contributed by atoms with E-state index in [1.165, 1.54) is 24.8 Å². The van der Waals surface area contributed by atoms with Gasteiger partial charge < -0.3 is 9.73 Å². The van der Waals surface area contributed by atoms with E-state index >= 15 is 0 Å². The molecule has 2 heterocycles. The minimum Gasteiger partial charge on any atom is -0.441 e. The molecule has 2 atom stereocenters. The molecule has 1 fully saturated rings. The van der Waals surface area contributed by atoms with Crippen LogP contribution in [0.3, 0.4) is 0 Å². The van der Waals surface area contributed by atoms with Crippen LogP contribution in [-0.2, 0) is 21.3 Å². The summed E-state index contributed by atoms with van der Waals surface area (Å²) in [6.07, 6.45) is 3.74. The lowest BCUT2D eigenvalue weighted by Gasteiger charge is -2.33. The number of benzene rings is 1. The number of hydrogen-bond acceptors (Lipinski definition) is 5. The molecule has 29 heavy (non-hydrogen) atoms. The minimum absolute atomic E-state index is 0.0122. The fourth-order valence-electron chi connectivity index (χ4n) is 3.61. The summed E-state index contributed by atoms with van der Waals surface area (Å²) in [4.78, 5) is 19.0. The molecule has 0 aliphatic carbocycles. The van der Waals surface area contributed by atoms with Gasteiger partial charge in [0, 0.05) is 35.5 Å². The average Bonchev–Trinajstić information content (AvgIpc) is 3.04. The molecule has 1 aliphatic heterocycles. The molecule has 0 saturated carbocycles. The molecular formula is C22H31N3O3S. The Kier molecular flexibility index (Phi) is 7.61. The molecule has 1 N–H and O–H groups in total. The van der Waals surface area contributed by atoms with Crippen LogP contribution in [0.15, 0.2) is 28.7 Å². The van der Waals surface area contributed by atoms with Gasteiger partial charge in [-0.25, -0.2) is 4.98 Å². The van der Waals surface area contributed by atoms with E-state index in [9.17, 15) is 9.00 Å². The highest BCUT2D eigenvalue weighted by molar-refractivity contribution is 7.84. The first kappa shape index (κ1) is 21.7. The van der Waals surface area contributed by atoms with Gasteiger partial charge in [0.25, 0.3) is 0 Å². The maximum atomic E-state index is 12.4. The van der Waals surface area contributed by atoms with Gasteiger partial charge in [0.05, 0.1) is 11.4 Å². The highest BCUT2D eigenvalue weighted by atomic mass is 32.2. The Morgan fingerprint density at radius 2 is 2.03 bits per heavy atom. The summed E-state index contributed by atoms with van der Waals surface area (Å²) >= 11 is 0. The van der Waals surface area contributed by atoms with Gasteiger partial charge in [-0.15, -0.1) is 0 Å². The molecule has 1 aromatic carbocycles. The Hall–Kier alpha value is -1.99. The lowest BCUT2D eigenvalue weighted by Crippen LogP contribution is -2.43. The number of carbonyl (C=O) groups excluding carboxylic acids is 1. The Labute approximate surface area is 175 Å². The first-order chi connectivity index (χ1) is 13.9. The number of nitrogens with zero attached hydrogens (tertiary/aromatic N) is 2. The Bertz CT molecular complexity index is 847. The number of piperidine rings is 1. The Balaban J connectivity index is 1.46. The number of rotatable bonds is 8. The van der Waals surface area contributed by atoms with Gasteiger partial charge in [0.2, 0.25) is 11.8 Å². The van der Waals surface area contributed by atoms with Crippen LogP contribution < -0.4 is 5.32 Å². The summed E-state index contributed by atoms with van der Waals surface area (Å²) in [5, 5.41) is 2.90. The molecular weight excluding hydrogens is 386 g/mol. The Morgan fingerprint density at radius 3 is 2.76 bits per heavy atom. The van der Waals surface area contributed by atoms with E-state index in [-0.39, 0.29) is 17.4 Å². The van der Waals surface area contributed by atoms with E-state index < -0.39 is 10.8 Å². The molecule has 0 bridgehead atoms. The summed E-state index contributed by atoms with van der Waals surface area (Å²) in [6, 6.07) is 8.49. The van der Waals surface area contributed by atoms with Crippen molar-refractivity contribution in [1.29, 1.82) is 0 Å². The van der Waals surface area contributed by atoms with Crippen molar-refractivity contribution in [3.63, 3.8) is 0 Å². The predicted octanol–water partition coefficient (Wildman–Crippen LogP) is 3.20. The average molecular weight is 418 g/mol. The number of likely N-dealkylation sites (tertiary alicyclic amines) is 1. The molecule has 1 aliphatic rings. The van der Waals surface area contributed by atoms with Crippen molar-refractivity contribution in [1.82, 2.24) is 15.2 Å². The zero-order chi connectivity index (χ0) is 20.8. The van der Waals surface area contributed by atoms with E-state index in [0.29, 0.717) is 29.9 Å². The van der Waals surface area contributed by atoms with Gasteiger partial charge in [-0.1, -0.05) is 24.1 Å². The van der Waals surface area contributed by atoms with Crippen LogP contribution in [0.2, 0.25) is 0 Å². The third-order valence-electron chi connectivity index (χ3n) is 5.44. The standard InChI is InChI=1S/C22H31N3O3S/c1-16-7-9-19(10-8-16)22-24-20(18(3)28-22)14-29(27)15-21(26)23-11-13-25-12-5-4-6-17(25)2/h7-10,17H,4-6,11-15H2,1-3H3,(H,23,26)/t17-,29+/m1/s1. The quantitative estimate of drug-likeness (QED) is 0.714. The molecule has 0 unspecified atom stereocenters. The van der Waals surface area contributed by atoms with Crippen LogP contribution in [0.5, 0.6) is 0 Å². The summed E-state index contributed by atoms with van der Waals surface area (Å²) < 4.78 is 18.2. The van der Waals surface area contributed by atoms with Crippen LogP contribution in [0.25, 0.3) is 11.5 Å². The summed E-state index contributed by atoms with van der Waals surface area (Å²) in [5.41, 5.74) is 2.70. The van der Waals surface area contributed by atoms with Gasteiger partial charge in [0.1, 0.15) is 11.5 Å². The molecule has 0 spiro atoms. The maximum absolute atomic E-state index is 12.4. The zero-order valence-corrected chi connectivity index (χ0v) is 18.4. The third kappa shape index (κ3) is 6.24. The van der Waals surface area contributed by atoms with E-state index in [1.807, 2.05) is 38.1 Å². The van der Waals surface area contributed by atoms with Crippen LogP contribution in [0.1, 0.15) is 43.2 Å². The molecule has 0 radical (unpaired) electrons. The number of aryl methyl sites for hydroxylation is 2. The van der Waals surface area contributed by atoms with Gasteiger partial charge in [0.15, 0.2) is 0 Å². The van der Waals surface area contributed by atoms with Crippen molar-refractivity contribution in [2.24, 2.45) is 0 Å². The topological polar surface area (TPSA) is 75.4 Å². The van der Waals surface area contributed by atoms with Gasteiger partial charge >= 0.3 is 0 Å². The summed E-state index contributed by atoms with van der Waals surface area (Å²) in [6.45, 7) is 8.62. The first-order valence-electron chi connectivity index (χ1n) is 10.3. The van der Waals surface area contributed by atoms with E-state index in [1.54, 1.807) is 0 Å². The van der Waals surface area contributed by atoms with E-state index in [2.05, 4.69) is 22.1 Å². The number of hydrogen-bond donors (Lipinski definition) is 1. The van der Waals surface area contributed by atoms with Gasteiger partial charge in [-0.3, -0.25) is 13.9 Å². The Morgan fingerprint density at radius 1 is 1.28 bits per heavy atom. The van der Waals surface area contributed by atoms with Gasteiger partial charge in [-0.05, 0) is 52.3 Å². The molecule has 3 rings (SSSR count). The van der Waals surface area contributed by atoms with Crippen molar-refractivity contribution in [3.8, 4) is 11.5 Å². The van der Waals surface area contributed by atoms with Gasteiger partial charge in [-0.2, -0.15) is 0 Å². The van der Waals surface area contributed by atoms with Crippen LogP contribution in [-0.4, -0.2) is 51.4 Å². The highest BCUT2D eigenvalue weighted by Crippen LogP contribution is 2.23. The number of oxazole rings is 1. The van der Waals surface area contributed by atoms with Crippen molar-refractivity contribution in [2.45, 2.75) is 51.8 Å². The number of nitrogens with one attached hydrogen (secondary N) is 1. The maximum Gasteiger partial charge on any atom is 0.232 e. The predicted molar refractivity (Wildman–Crippen MR) is 116 cm³/mol. The molecule has 7 heteroatoms. The lowest BCUT2D eigenvalue weighted by atomic mass is 10.0. The molecule has 158 valence electrons. The number of amides is 1. The molecule has 2 aromatic rings. The second-order valence-corrected chi connectivity index (χ2v) is 9.30. The third-order valence-corrected chi connectivity index (χ3v) is 6.62. The molecule has 1 aromatic heterocycles. The highest BCUT2D eigenvalue weighted by Gasteiger charge is 2.19. The minimum atomic E-state index is -1.32. The zero-order valence-electron chi connectivity index (χ0n) is 17.6. The largest absolute Gasteiger partial charge is 0.441 e. The first-order valence-corrected chi connectivity index (χ1v) is 11.8. The molecule has 1 amide bonds. The van der Waals surface area contributed by atoms with Crippen molar-refractivity contribution in [3.05, 3.63) is 41.3 Å². The smallest absolute Gasteiger partial charge is 0.232 e. The number of carbonyl (C=O) groups is 1. The van der Waals surface area contributed by atoms with Crippen LogP contribution in [0, 0.1) is 13.8 Å². The lowest BCUT2D eigenvalue weighted by molar-refractivity contribution is -0.118. The monoisotopic (exact) mass is 417 g/mol.